The molecule has 3 heteroatoms. The molecule has 0 saturated heterocycles. The van der Waals surface area contributed by atoms with Crippen LogP contribution in [0.3, 0.4) is 0 Å². The predicted molar refractivity (Wildman–Crippen MR) is 70.2 cm³/mol. The zero-order valence-electron chi connectivity index (χ0n) is 10.6. The van der Waals surface area contributed by atoms with Gasteiger partial charge in [-0.15, -0.1) is 0 Å². The third kappa shape index (κ3) is 4.17. The van der Waals surface area contributed by atoms with Crippen LogP contribution in [0, 0.1) is 17.2 Å². The molecular formula is C13H23N3. The number of allylic oxidation sites excluding steroid dienone is 2. The normalized spacial score (nSPS) is 21.2. The van der Waals surface area contributed by atoms with Crippen LogP contribution in [0.25, 0.3) is 0 Å². The maximum Gasteiger partial charge on any atom is 0.101 e. The highest BCUT2D eigenvalue weighted by Crippen LogP contribution is 2.21. The van der Waals surface area contributed by atoms with E-state index in [1.165, 1.54) is 12.8 Å². The standard InChI is InChI=1S/C13H23N3/c1-10(2)13(14)16-12(15-3)9-11-7-5-4-6-8-11/h4-5,10-11H,6-9H2,1-3H3,(H2,14,15,16). The van der Waals surface area contributed by atoms with Crippen molar-refractivity contribution in [3.8, 4) is 0 Å². The average molecular weight is 221 g/mol. The van der Waals surface area contributed by atoms with Crippen molar-refractivity contribution in [2.45, 2.75) is 39.5 Å². The molecule has 3 nitrogen and oxygen atoms in total. The summed E-state index contributed by atoms with van der Waals surface area (Å²) in [5.74, 6) is 2.45. The first-order valence-corrected chi connectivity index (χ1v) is 6.09. The van der Waals surface area contributed by atoms with Gasteiger partial charge in [0.2, 0.25) is 0 Å². The number of nitrogens with zero attached hydrogens (tertiary/aromatic N) is 1. The Bertz CT molecular complexity index is 290. The van der Waals surface area contributed by atoms with E-state index in [4.69, 9.17) is 5.41 Å². The molecule has 0 aromatic carbocycles. The Kier molecular flexibility index (Phi) is 5.23. The Balaban J connectivity index is 2.43. The highest BCUT2D eigenvalue weighted by Gasteiger charge is 2.14. The first kappa shape index (κ1) is 12.9. The lowest BCUT2D eigenvalue weighted by Gasteiger charge is -2.20. The van der Waals surface area contributed by atoms with Gasteiger partial charge in [-0.25, -0.2) is 0 Å². The molecule has 2 N–H and O–H groups in total. The molecule has 1 atom stereocenters. The van der Waals surface area contributed by atoms with E-state index < -0.39 is 0 Å². The highest BCUT2D eigenvalue weighted by molar-refractivity contribution is 6.00. The van der Waals surface area contributed by atoms with Crippen LogP contribution in [-0.4, -0.2) is 18.7 Å². The quantitative estimate of drug-likeness (QED) is 0.429. The Morgan fingerprint density at radius 3 is 2.75 bits per heavy atom. The monoisotopic (exact) mass is 221 g/mol. The van der Waals surface area contributed by atoms with E-state index in [-0.39, 0.29) is 5.92 Å². The van der Waals surface area contributed by atoms with Gasteiger partial charge in [-0.2, -0.15) is 0 Å². The molecule has 1 aliphatic rings. The minimum absolute atomic E-state index is 0.239. The summed E-state index contributed by atoms with van der Waals surface area (Å²) in [6.45, 7) is 4.04. The van der Waals surface area contributed by atoms with Gasteiger partial charge in [-0.05, 0) is 25.2 Å². The van der Waals surface area contributed by atoms with Gasteiger partial charge in [0.05, 0.1) is 0 Å². The Morgan fingerprint density at radius 2 is 2.25 bits per heavy atom. The van der Waals surface area contributed by atoms with Crippen LogP contribution in [0.2, 0.25) is 0 Å². The fourth-order valence-electron chi connectivity index (χ4n) is 1.81. The summed E-state index contributed by atoms with van der Waals surface area (Å²) in [5, 5.41) is 10.9. The molecule has 0 aromatic rings. The van der Waals surface area contributed by atoms with Gasteiger partial charge in [0, 0.05) is 19.4 Å². The van der Waals surface area contributed by atoms with Crippen LogP contribution in [0.5, 0.6) is 0 Å². The summed E-state index contributed by atoms with van der Waals surface area (Å²) in [6, 6.07) is 0. The van der Waals surface area contributed by atoms with Crippen molar-refractivity contribution in [1.29, 1.82) is 5.41 Å². The van der Waals surface area contributed by atoms with Crippen LogP contribution in [0.1, 0.15) is 39.5 Å². The third-order valence-electron chi connectivity index (χ3n) is 2.99. The molecule has 0 fully saturated rings. The van der Waals surface area contributed by atoms with Crippen LogP contribution in [-0.2, 0) is 0 Å². The number of aliphatic imine (C=N–C) groups is 1. The zero-order valence-corrected chi connectivity index (χ0v) is 10.6. The topological polar surface area (TPSA) is 48.2 Å². The summed E-state index contributed by atoms with van der Waals surface area (Å²) in [6.07, 6.45) is 9.05. The van der Waals surface area contributed by atoms with E-state index >= 15 is 0 Å². The SMILES string of the molecule is CN=C(CC1CC=CCC1)NC(=N)C(C)C. The van der Waals surface area contributed by atoms with E-state index in [1.807, 2.05) is 13.8 Å². The number of nitrogens with one attached hydrogen (secondary N) is 2. The van der Waals surface area contributed by atoms with Crippen LogP contribution < -0.4 is 5.32 Å². The summed E-state index contributed by atoms with van der Waals surface area (Å²) in [5.41, 5.74) is 0. The number of hydrogen-bond acceptors (Lipinski definition) is 2. The molecule has 0 bridgehead atoms. The van der Waals surface area contributed by atoms with Crippen molar-refractivity contribution < 1.29 is 0 Å². The van der Waals surface area contributed by atoms with E-state index in [2.05, 4.69) is 22.5 Å². The first-order chi connectivity index (χ1) is 7.63. The molecule has 0 aliphatic heterocycles. The van der Waals surface area contributed by atoms with Gasteiger partial charge in [-0.3, -0.25) is 10.4 Å². The molecule has 1 rings (SSSR count). The van der Waals surface area contributed by atoms with Gasteiger partial charge in [0.15, 0.2) is 0 Å². The van der Waals surface area contributed by atoms with Crippen molar-refractivity contribution in [3.63, 3.8) is 0 Å². The van der Waals surface area contributed by atoms with Crippen LogP contribution >= 0.6 is 0 Å². The highest BCUT2D eigenvalue weighted by atomic mass is 15.0. The number of hydrogen-bond donors (Lipinski definition) is 2. The second kappa shape index (κ2) is 6.46. The summed E-state index contributed by atoms with van der Waals surface area (Å²) >= 11 is 0. The molecule has 0 aromatic heterocycles. The number of amidine groups is 2. The Labute approximate surface area is 98.6 Å². The summed E-state index contributed by atoms with van der Waals surface area (Å²) in [7, 11) is 1.80. The van der Waals surface area contributed by atoms with Crippen molar-refractivity contribution in [2.24, 2.45) is 16.8 Å². The van der Waals surface area contributed by atoms with Gasteiger partial charge in [-0.1, -0.05) is 26.0 Å². The average Bonchev–Trinajstić information content (AvgIpc) is 2.29. The molecule has 1 unspecified atom stereocenters. The zero-order chi connectivity index (χ0) is 12.0. The van der Waals surface area contributed by atoms with Crippen molar-refractivity contribution in [2.75, 3.05) is 7.05 Å². The van der Waals surface area contributed by atoms with E-state index in [9.17, 15) is 0 Å². The van der Waals surface area contributed by atoms with E-state index in [1.54, 1.807) is 7.05 Å². The molecule has 0 amide bonds. The first-order valence-electron chi connectivity index (χ1n) is 6.09. The van der Waals surface area contributed by atoms with Crippen LogP contribution in [0.15, 0.2) is 17.1 Å². The lowest BCUT2D eigenvalue weighted by atomic mass is 9.91. The third-order valence-corrected chi connectivity index (χ3v) is 2.99. The molecule has 0 radical (unpaired) electrons. The Hall–Kier alpha value is -1.12. The van der Waals surface area contributed by atoms with Crippen molar-refractivity contribution >= 4 is 11.7 Å². The minimum Gasteiger partial charge on any atom is -0.333 e. The predicted octanol–water partition coefficient (Wildman–Crippen LogP) is 2.98. The molecule has 0 saturated carbocycles. The lowest BCUT2D eigenvalue weighted by Crippen LogP contribution is -2.34. The maximum atomic E-state index is 7.79. The lowest BCUT2D eigenvalue weighted by molar-refractivity contribution is 0.494. The smallest absolute Gasteiger partial charge is 0.101 e. The van der Waals surface area contributed by atoms with Gasteiger partial charge < -0.3 is 5.32 Å². The largest absolute Gasteiger partial charge is 0.333 e. The fourth-order valence-corrected chi connectivity index (χ4v) is 1.81. The van der Waals surface area contributed by atoms with E-state index in [0.29, 0.717) is 11.8 Å². The molecular weight excluding hydrogens is 198 g/mol. The fraction of sp³-hybridized carbons (Fsp3) is 0.692. The minimum atomic E-state index is 0.239. The molecule has 1 aliphatic carbocycles. The molecule has 90 valence electrons. The van der Waals surface area contributed by atoms with Gasteiger partial charge in [0.1, 0.15) is 11.7 Å². The molecule has 0 spiro atoms. The molecule has 16 heavy (non-hydrogen) atoms. The Morgan fingerprint density at radius 1 is 1.50 bits per heavy atom. The van der Waals surface area contributed by atoms with Crippen LogP contribution in [0.4, 0.5) is 0 Å². The second-order valence-electron chi connectivity index (χ2n) is 4.72. The maximum absolute atomic E-state index is 7.79. The van der Waals surface area contributed by atoms with Crippen molar-refractivity contribution in [1.82, 2.24) is 5.32 Å². The number of rotatable bonds is 3. The van der Waals surface area contributed by atoms with E-state index in [0.717, 1.165) is 18.7 Å². The summed E-state index contributed by atoms with van der Waals surface area (Å²) in [4.78, 5) is 4.25. The van der Waals surface area contributed by atoms with Crippen molar-refractivity contribution in [3.05, 3.63) is 12.2 Å². The van der Waals surface area contributed by atoms with Gasteiger partial charge >= 0.3 is 0 Å². The summed E-state index contributed by atoms with van der Waals surface area (Å²) < 4.78 is 0. The molecule has 0 heterocycles. The van der Waals surface area contributed by atoms with Gasteiger partial charge in [0.25, 0.3) is 0 Å². The second-order valence-corrected chi connectivity index (χ2v) is 4.72.